The second kappa shape index (κ2) is 8.37. The maximum absolute atomic E-state index is 12.7. The molecule has 6 nitrogen and oxygen atoms in total. The van der Waals surface area contributed by atoms with Crippen LogP contribution >= 0.6 is 0 Å². The largest absolute Gasteiger partial charge is 0.368 e. The molecule has 0 radical (unpaired) electrons. The molecule has 1 N–H and O–H groups in total. The van der Waals surface area contributed by atoms with Crippen molar-refractivity contribution >= 4 is 17.5 Å². The van der Waals surface area contributed by atoms with Gasteiger partial charge in [-0.1, -0.05) is 26.0 Å². The zero-order valence-corrected chi connectivity index (χ0v) is 16.7. The van der Waals surface area contributed by atoms with Gasteiger partial charge in [0.2, 0.25) is 5.95 Å². The smallest absolute Gasteiger partial charge is 0.257 e. The maximum atomic E-state index is 12.7. The van der Waals surface area contributed by atoms with E-state index < -0.39 is 0 Å². The summed E-state index contributed by atoms with van der Waals surface area (Å²) in [7, 11) is 0. The second-order valence-electron chi connectivity index (χ2n) is 7.57. The second-order valence-corrected chi connectivity index (χ2v) is 7.57. The van der Waals surface area contributed by atoms with Crippen molar-refractivity contribution in [2.75, 3.05) is 42.9 Å². The summed E-state index contributed by atoms with van der Waals surface area (Å²) in [6.07, 6.45) is 3.24. The molecular formula is C21H29N5O. The Bertz CT molecular complexity index is 780. The minimum atomic E-state index is 0.00558. The monoisotopic (exact) mass is 367 g/mol. The number of nitrogens with zero attached hydrogens (tertiary/aromatic N) is 4. The Morgan fingerprint density at radius 1 is 1.11 bits per heavy atom. The number of carbonyl (C=O) groups is 1. The molecule has 0 saturated carbocycles. The number of hydrogen-bond donors (Lipinski definition) is 1. The van der Waals surface area contributed by atoms with Crippen LogP contribution in [0.25, 0.3) is 0 Å². The van der Waals surface area contributed by atoms with E-state index in [0.717, 1.165) is 19.6 Å². The highest BCUT2D eigenvalue weighted by Crippen LogP contribution is 2.24. The average molecular weight is 367 g/mol. The Hall–Kier alpha value is -2.63. The zero-order valence-electron chi connectivity index (χ0n) is 16.7. The highest BCUT2D eigenvalue weighted by Gasteiger charge is 2.23. The molecule has 27 heavy (non-hydrogen) atoms. The molecule has 1 aliphatic rings. The first-order chi connectivity index (χ1) is 13.0. The fraction of sp³-hybridized carbons (Fsp3) is 0.476. The number of piperazine rings is 1. The summed E-state index contributed by atoms with van der Waals surface area (Å²) in [4.78, 5) is 25.5. The van der Waals surface area contributed by atoms with Crippen molar-refractivity contribution in [1.82, 2.24) is 14.9 Å². The number of aryl methyl sites for hydroxylation is 1. The van der Waals surface area contributed by atoms with Gasteiger partial charge in [-0.3, -0.25) is 4.79 Å². The number of benzene rings is 1. The van der Waals surface area contributed by atoms with Gasteiger partial charge >= 0.3 is 0 Å². The van der Waals surface area contributed by atoms with Gasteiger partial charge in [0.1, 0.15) is 0 Å². The molecular weight excluding hydrogens is 338 g/mol. The number of aromatic nitrogens is 2. The summed E-state index contributed by atoms with van der Waals surface area (Å²) < 4.78 is 0. The van der Waals surface area contributed by atoms with E-state index in [1.54, 1.807) is 12.4 Å². The fourth-order valence-corrected chi connectivity index (χ4v) is 3.24. The topological polar surface area (TPSA) is 61.4 Å². The average Bonchev–Trinajstić information content (AvgIpc) is 2.68. The lowest BCUT2D eigenvalue weighted by atomic mass is 10.1. The SMILES string of the molecule is Cc1cccc(N2CCN(C(=O)c3cnc(NCC(C)C)nc3)CC2)c1C. The summed E-state index contributed by atoms with van der Waals surface area (Å²) in [5.74, 6) is 1.09. The minimum Gasteiger partial charge on any atom is -0.368 e. The van der Waals surface area contributed by atoms with E-state index in [1.165, 1.54) is 16.8 Å². The van der Waals surface area contributed by atoms with Gasteiger partial charge in [-0.25, -0.2) is 9.97 Å². The molecule has 1 fully saturated rings. The number of anilines is 2. The van der Waals surface area contributed by atoms with Crippen LogP contribution in [0.3, 0.4) is 0 Å². The Kier molecular flexibility index (Phi) is 5.94. The van der Waals surface area contributed by atoms with Crippen molar-refractivity contribution in [2.45, 2.75) is 27.7 Å². The van der Waals surface area contributed by atoms with Crippen LogP contribution in [0, 0.1) is 19.8 Å². The third-order valence-corrected chi connectivity index (χ3v) is 5.05. The van der Waals surface area contributed by atoms with E-state index in [9.17, 15) is 4.79 Å². The highest BCUT2D eigenvalue weighted by atomic mass is 16.2. The van der Waals surface area contributed by atoms with Crippen LogP contribution in [-0.2, 0) is 0 Å². The van der Waals surface area contributed by atoms with Gasteiger partial charge < -0.3 is 15.1 Å². The molecule has 0 unspecified atom stereocenters. The van der Waals surface area contributed by atoms with E-state index >= 15 is 0 Å². The van der Waals surface area contributed by atoms with E-state index in [4.69, 9.17) is 0 Å². The van der Waals surface area contributed by atoms with Crippen LogP contribution in [0.5, 0.6) is 0 Å². The summed E-state index contributed by atoms with van der Waals surface area (Å²) >= 11 is 0. The van der Waals surface area contributed by atoms with Crippen molar-refractivity contribution in [3.63, 3.8) is 0 Å². The van der Waals surface area contributed by atoms with E-state index in [-0.39, 0.29) is 5.91 Å². The lowest BCUT2D eigenvalue weighted by Crippen LogP contribution is -2.49. The van der Waals surface area contributed by atoms with Gasteiger partial charge in [0, 0.05) is 50.8 Å². The predicted octanol–water partition coefficient (Wildman–Crippen LogP) is 3.12. The Balaban J connectivity index is 1.59. The quantitative estimate of drug-likeness (QED) is 0.880. The van der Waals surface area contributed by atoms with Crippen LogP contribution in [0.1, 0.15) is 35.3 Å². The first kappa shape index (κ1) is 19.1. The molecule has 2 heterocycles. The third-order valence-electron chi connectivity index (χ3n) is 5.05. The van der Waals surface area contributed by atoms with Crippen LogP contribution in [0.15, 0.2) is 30.6 Å². The van der Waals surface area contributed by atoms with E-state index in [1.807, 2.05) is 4.90 Å². The molecule has 1 amide bonds. The number of nitrogens with one attached hydrogen (secondary N) is 1. The molecule has 1 saturated heterocycles. The van der Waals surface area contributed by atoms with Gasteiger partial charge in [0.15, 0.2) is 0 Å². The minimum absolute atomic E-state index is 0.00558. The number of hydrogen-bond acceptors (Lipinski definition) is 5. The van der Waals surface area contributed by atoms with Crippen molar-refractivity contribution in [2.24, 2.45) is 5.92 Å². The Morgan fingerprint density at radius 2 is 1.78 bits per heavy atom. The van der Waals surface area contributed by atoms with Crippen molar-refractivity contribution in [3.8, 4) is 0 Å². The molecule has 2 aromatic rings. The molecule has 0 aliphatic carbocycles. The highest BCUT2D eigenvalue weighted by molar-refractivity contribution is 5.93. The Morgan fingerprint density at radius 3 is 2.41 bits per heavy atom. The zero-order chi connectivity index (χ0) is 19.4. The lowest BCUT2D eigenvalue weighted by Gasteiger charge is -2.37. The summed E-state index contributed by atoms with van der Waals surface area (Å²) in [6.45, 7) is 12.5. The molecule has 0 spiro atoms. The summed E-state index contributed by atoms with van der Waals surface area (Å²) in [5, 5.41) is 3.17. The van der Waals surface area contributed by atoms with Gasteiger partial charge in [-0.15, -0.1) is 0 Å². The molecule has 0 bridgehead atoms. The van der Waals surface area contributed by atoms with Crippen LogP contribution in [0.4, 0.5) is 11.6 Å². The summed E-state index contributed by atoms with van der Waals surface area (Å²) in [6, 6.07) is 6.40. The summed E-state index contributed by atoms with van der Waals surface area (Å²) in [5.41, 5.74) is 4.43. The van der Waals surface area contributed by atoms with Crippen molar-refractivity contribution in [3.05, 3.63) is 47.3 Å². The molecule has 1 aromatic heterocycles. The first-order valence-corrected chi connectivity index (χ1v) is 9.62. The van der Waals surface area contributed by atoms with Crippen molar-refractivity contribution < 1.29 is 4.79 Å². The van der Waals surface area contributed by atoms with Gasteiger partial charge in [0.25, 0.3) is 5.91 Å². The lowest BCUT2D eigenvalue weighted by molar-refractivity contribution is 0.0746. The predicted molar refractivity (Wildman–Crippen MR) is 109 cm³/mol. The molecule has 144 valence electrons. The molecule has 1 aliphatic heterocycles. The third kappa shape index (κ3) is 4.56. The van der Waals surface area contributed by atoms with Gasteiger partial charge in [0.05, 0.1) is 5.56 Å². The van der Waals surface area contributed by atoms with Gasteiger partial charge in [-0.2, -0.15) is 0 Å². The van der Waals surface area contributed by atoms with Crippen molar-refractivity contribution in [1.29, 1.82) is 0 Å². The molecule has 0 atom stereocenters. The van der Waals surface area contributed by atoms with Crippen LogP contribution in [-0.4, -0.2) is 53.5 Å². The number of carbonyl (C=O) groups excluding carboxylic acids is 1. The maximum Gasteiger partial charge on any atom is 0.257 e. The standard InChI is InChI=1S/C21H29N5O/c1-15(2)12-22-21-23-13-18(14-24-21)20(27)26-10-8-25(9-11-26)19-7-5-6-16(3)17(19)4/h5-7,13-15H,8-12H2,1-4H3,(H,22,23,24). The first-order valence-electron chi connectivity index (χ1n) is 9.62. The number of amides is 1. The van der Waals surface area contributed by atoms with Crippen LogP contribution < -0.4 is 10.2 Å². The molecule has 1 aromatic carbocycles. The van der Waals surface area contributed by atoms with E-state index in [0.29, 0.717) is 30.5 Å². The Labute approximate surface area is 161 Å². The molecule has 3 rings (SSSR count). The normalized spacial score (nSPS) is 14.6. The van der Waals surface area contributed by atoms with Crippen LogP contribution in [0.2, 0.25) is 0 Å². The fourth-order valence-electron chi connectivity index (χ4n) is 3.24. The number of rotatable bonds is 5. The molecule has 6 heteroatoms. The van der Waals surface area contributed by atoms with E-state index in [2.05, 4.69) is 66.1 Å². The van der Waals surface area contributed by atoms with Gasteiger partial charge in [-0.05, 0) is 37.0 Å².